The summed E-state index contributed by atoms with van der Waals surface area (Å²) in [5.41, 5.74) is 5.76. The van der Waals surface area contributed by atoms with Crippen molar-refractivity contribution in [1.29, 1.82) is 10.5 Å². The lowest BCUT2D eigenvalue weighted by atomic mass is 9.95. The molecular weight excluding hydrogens is 564 g/mol. The summed E-state index contributed by atoms with van der Waals surface area (Å²) in [4.78, 5) is 30.9. The number of furan rings is 1. The van der Waals surface area contributed by atoms with Crippen molar-refractivity contribution in [2.75, 3.05) is 36.4 Å². The number of hydrogen-bond acceptors (Lipinski definition) is 7. The fourth-order valence-electron chi connectivity index (χ4n) is 6.25. The zero-order chi connectivity index (χ0) is 31.3. The number of benzene rings is 3. The van der Waals surface area contributed by atoms with Gasteiger partial charge in [0.05, 0.1) is 23.3 Å². The Bertz CT molecular complexity index is 1770. The molecule has 3 aromatic carbocycles. The summed E-state index contributed by atoms with van der Waals surface area (Å²) in [5, 5.41) is 25.1. The number of fused-ring (bicyclic) bond motifs is 1. The van der Waals surface area contributed by atoms with Gasteiger partial charge in [-0.2, -0.15) is 10.5 Å². The average Bonchev–Trinajstić information content (AvgIpc) is 3.49. The number of hydrogen-bond donors (Lipinski definition) is 2. The highest BCUT2D eigenvalue weighted by Gasteiger charge is 2.26. The number of likely N-dealkylation sites (tertiary alicyclic amines) is 1. The number of nitrogens with zero attached hydrogens (tertiary/aromatic N) is 4. The van der Waals surface area contributed by atoms with Gasteiger partial charge in [0.15, 0.2) is 5.76 Å². The SMILES string of the molecule is Cc1cc2oc(C(=O)NC3CCN(Cc4ccc(C#N)cc4)CC3)cc2cc1NC(=O)C1CCN(c2ccc(C#N)cc2)CC1. The number of rotatable bonds is 7. The molecule has 0 bridgehead atoms. The van der Waals surface area contributed by atoms with Crippen LogP contribution in [0.2, 0.25) is 0 Å². The maximum atomic E-state index is 13.2. The zero-order valence-corrected chi connectivity index (χ0v) is 25.4. The predicted octanol–water partition coefficient (Wildman–Crippen LogP) is 5.73. The maximum Gasteiger partial charge on any atom is 0.287 e. The molecule has 45 heavy (non-hydrogen) atoms. The van der Waals surface area contributed by atoms with Crippen LogP contribution < -0.4 is 15.5 Å². The molecule has 6 rings (SSSR count). The lowest BCUT2D eigenvalue weighted by Gasteiger charge is -2.33. The fourth-order valence-corrected chi connectivity index (χ4v) is 6.25. The molecule has 3 heterocycles. The van der Waals surface area contributed by atoms with E-state index in [0.29, 0.717) is 16.7 Å². The van der Waals surface area contributed by atoms with Crippen LogP contribution in [-0.4, -0.2) is 48.9 Å². The van der Waals surface area contributed by atoms with E-state index in [-0.39, 0.29) is 29.5 Å². The van der Waals surface area contributed by atoms with Crippen LogP contribution in [0.4, 0.5) is 11.4 Å². The van der Waals surface area contributed by atoms with E-state index in [2.05, 4.69) is 32.6 Å². The molecule has 9 nitrogen and oxygen atoms in total. The van der Waals surface area contributed by atoms with E-state index in [4.69, 9.17) is 14.9 Å². The minimum atomic E-state index is -0.228. The lowest BCUT2D eigenvalue weighted by Crippen LogP contribution is -2.44. The maximum absolute atomic E-state index is 13.2. The van der Waals surface area contributed by atoms with Crippen LogP contribution in [0.5, 0.6) is 0 Å². The minimum Gasteiger partial charge on any atom is -0.451 e. The van der Waals surface area contributed by atoms with Crippen molar-refractivity contribution < 1.29 is 14.0 Å². The fraction of sp³-hybridized carbons (Fsp3) is 0.333. The Kier molecular flexibility index (Phi) is 8.81. The molecule has 2 aliphatic heterocycles. The first-order chi connectivity index (χ1) is 21.9. The molecular formula is C36H36N6O3. The summed E-state index contributed by atoms with van der Waals surface area (Å²) >= 11 is 0. The van der Waals surface area contributed by atoms with Gasteiger partial charge in [0, 0.05) is 61.4 Å². The molecule has 2 amide bonds. The Morgan fingerprint density at radius 2 is 1.51 bits per heavy atom. The Hall–Kier alpha value is -5.12. The van der Waals surface area contributed by atoms with Crippen molar-refractivity contribution >= 4 is 34.2 Å². The smallest absolute Gasteiger partial charge is 0.287 e. The van der Waals surface area contributed by atoms with Crippen molar-refractivity contribution in [3.63, 3.8) is 0 Å². The molecule has 2 aliphatic rings. The first-order valence-electron chi connectivity index (χ1n) is 15.5. The first kappa shape index (κ1) is 29.9. The molecule has 1 aromatic heterocycles. The van der Waals surface area contributed by atoms with Crippen LogP contribution in [0, 0.1) is 35.5 Å². The van der Waals surface area contributed by atoms with Gasteiger partial charge in [-0.05, 0) is 98.3 Å². The first-order valence-corrected chi connectivity index (χ1v) is 15.5. The van der Waals surface area contributed by atoms with E-state index < -0.39 is 0 Å². The third-order valence-electron chi connectivity index (χ3n) is 8.98. The normalized spacial score (nSPS) is 16.2. The number of anilines is 2. The summed E-state index contributed by atoms with van der Waals surface area (Å²) in [5.74, 6) is -0.0445. The molecule has 2 fully saturated rings. The largest absolute Gasteiger partial charge is 0.451 e. The second-order valence-electron chi connectivity index (χ2n) is 12.1. The van der Waals surface area contributed by atoms with Gasteiger partial charge in [-0.15, -0.1) is 0 Å². The Morgan fingerprint density at radius 3 is 2.16 bits per heavy atom. The highest BCUT2D eigenvalue weighted by Crippen LogP contribution is 2.29. The number of nitrogens with one attached hydrogen (secondary N) is 2. The summed E-state index contributed by atoms with van der Waals surface area (Å²) in [6.07, 6.45) is 3.20. The van der Waals surface area contributed by atoms with Crippen LogP contribution in [-0.2, 0) is 11.3 Å². The second kappa shape index (κ2) is 13.3. The van der Waals surface area contributed by atoms with E-state index in [1.54, 1.807) is 6.07 Å². The molecule has 2 saturated heterocycles. The third kappa shape index (κ3) is 7.01. The number of aryl methyl sites for hydroxylation is 1. The standard InChI is InChI=1S/C36H36N6O3/c1-24-18-33-29(19-32(24)40-35(43)28-10-16-42(17-11-28)31-8-6-26(22-38)7-9-31)20-34(45-33)36(44)39-30-12-14-41(15-13-30)23-27-4-2-25(21-37)3-5-27/h2-9,18-20,28,30H,10-17,23H2,1H3,(H,39,44)(H,40,43). The molecule has 0 spiro atoms. The summed E-state index contributed by atoms with van der Waals surface area (Å²) < 4.78 is 5.93. The van der Waals surface area contributed by atoms with Crippen molar-refractivity contribution in [1.82, 2.24) is 10.2 Å². The molecule has 9 heteroatoms. The van der Waals surface area contributed by atoms with Gasteiger partial charge in [0.1, 0.15) is 5.58 Å². The molecule has 0 radical (unpaired) electrons. The molecule has 0 atom stereocenters. The molecule has 0 saturated carbocycles. The summed E-state index contributed by atoms with van der Waals surface area (Å²) in [6, 6.07) is 25.1. The minimum absolute atomic E-state index is 0.00362. The van der Waals surface area contributed by atoms with Crippen LogP contribution >= 0.6 is 0 Å². The molecule has 228 valence electrons. The van der Waals surface area contributed by atoms with Crippen LogP contribution in [0.1, 0.15) is 58.5 Å². The van der Waals surface area contributed by atoms with Crippen LogP contribution in [0.25, 0.3) is 11.0 Å². The number of piperidine rings is 2. The van der Waals surface area contributed by atoms with Crippen molar-refractivity contribution in [2.45, 2.75) is 45.2 Å². The van der Waals surface area contributed by atoms with Crippen molar-refractivity contribution in [3.05, 3.63) is 94.7 Å². The molecule has 0 aliphatic carbocycles. The highest BCUT2D eigenvalue weighted by molar-refractivity contribution is 5.99. The summed E-state index contributed by atoms with van der Waals surface area (Å²) in [7, 11) is 0. The van der Waals surface area contributed by atoms with Gasteiger partial charge < -0.3 is 20.0 Å². The van der Waals surface area contributed by atoms with E-state index in [1.165, 1.54) is 5.56 Å². The molecule has 2 N–H and O–H groups in total. The van der Waals surface area contributed by atoms with E-state index in [9.17, 15) is 9.59 Å². The topological polar surface area (TPSA) is 125 Å². The number of carbonyl (C=O) groups is 2. The lowest BCUT2D eigenvalue weighted by molar-refractivity contribution is -0.120. The summed E-state index contributed by atoms with van der Waals surface area (Å²) in [6.45, 7) is 6.06. The number of carbonyl (C=O) groups excluding carboxylic acids is 2. The monoisotopic (exact) mass is 600 g/mol. The molecule has 0 unspecified atom stereocenters. The van der Waals surface area contributed by atoms with E-state index in [1.807, 2.05) is 67.6 Å². The average molecular weight is 601 g/mol. The number of nitriles is 2. The zero-order valence-electron chi connectivity index (χ0n) is 25.4. The predicted molar refractivity (Wildman–Crippen MR) is 173 cm³/mol. The van der Waals surface area contributed by atoms with Gasteiger partial charge in [0.2, 0.25) is 5.91 Å². The van der Waals surface area contributed by atoms with Crippen molar-refractivity contribution in [3.8, 4) is 12.1 Å². The molecule has 4 aromatic rings. The van der Waals surface area contributed by atoms with Gasteiger partial charge in [-0.25, -0.2) is 0 Å². The van der Waals surface area contributed by atoms with E-state index in [0.717, 1.165) is 80.7 Å². The van der Waals surface area contributed by atoms with E-state index >= 15 is 0 Å². The van der Waals surface area contributed by atoms with Gasteiger partial charge >= 0.3 is 0 Å². The van der Waals surface area contributed by atoms with Gasteiger partial charge in [-0.1, -0.05) is 12.1 Å². The van der Waals surface area contributed by atoms with Gasteiger partial charge in [-0.3, -0.25) is 14.5 Å². The third-order valence-corrected chi connectivity index (χ3v) is 8.98. The Labute approximate surface area is 263 Å². The Balaban J connectivity index is 1.01. The van der Waals surface area contributed by atoms with Gasteiger partial charge in [0.25, 0.3) is 5.91 Å². The Morgan fingerprint density at radius 1 is 0.867 bits per heavy atom. The van der Waals surface area contributed by atoms with Crippen molar-refractivity contribution in [2.24, 2.45) is 5.92 Å². The second-order valence-corrected chi connectivity index (χ2v) is 12.1. The van der Waals surface area contributed by atoms with Crippen LogP contribution in [0.3, 0.4) is 0 Å². The van der Waals surface area contributed by atoms with Crippen LogP contribution in [0.15, 0.2) is 71.1 Å². The highest BCUT2D eigenvalue weighted by atomic mass is 16.3. The number of amides is 2. The quantitative estimate of drug-likeness (QED) is 0.277.